The molecular weight excluding hydrogens is 440 g/mol. The summed E-state index contributed by atoms with van der Waals surface area (Å²) in [5.74, 6) is 0.963. The summed E-state index contributed by atoms with van der Waals surface area (Å²) in [6.45, 7) is 12.3. The number of nitrogens with one attached hydrogen (secondary N) is 2. The van der Waals surface area contributed by atoms with E-state index in [1.165, 1.54) is 12.7 Å². The first kappa shape index (κ1) is 25.7. The van der Waals surface area contributed by atoms with Crippen LogP contribution in [0.3, 0.4) is 0 Å². The molecule has 6 nitrogen and oxygen atoms in total. The summed E-state index contributed by atoms with van der Waals surface area (Å²) in [5.41, 5.74) is 2.70. The fourth-order valence-electron chi connectivity index (χ4n) is 7.35. The van der Waals surface area contributed by atoms with Gasteiger partial charge in [0.05, 0.1) is 7.11 Å². The van der Waals surface area contributed by atoms with Gasteiger partial charge >= 0.3 is 5.97 Å². The van der Waals surface area contributed by atoms with E-state index in [2.05, 4.69) is 42.7 Å². The highest BCUT2D eigenvalue weighted by Gasteiger charge is 2.57. The number of carbonyl (C=O) groups is 3. The standard InChI is InChI=1S/C29H42N2O4/c1-17(26(34)35-7)30-25(33)23-11-10-21-20-9-8-19-16-18(24(32)31-27(2,3)4)12-14-28(19,5)22(20)13-15-29(21,23)6/h8,11,16-17,20-22H,9-10,12-15H2,1-7H3,(H,30,33)(H,31,32)/t17?,20-,21-,22-,28-,29-/m0/s1. The summed E-state index contributed by atoms with van der Waals surface area (Å²) in [6, 6.07) is -0.662. The van der Waals surface area contributed by atoms with E-state index < -0.39 is 12.0 Å². The maximum Gasteiger partial charge on any atom is 0.328 e. The molecular formula is C29H42N2O4. The second-order valence-electron chi connectivity index (χ2n) is 12.6. The first-order chi connectivity index (χ1) is 16.3. The third kappa shape index (κ3) is 4.49. The molecule has 0 aromatic rings. The van der Waals surface area contributed by atoms with Crippen LogP contribution in [0.5, 0.6) is 0 Å². The molecule has 0 saturated heterocycles. The van der Waals surface area contributed by atoms with E-state index >= 15 is 0 Å². The minimum atomic E-state index is -0.662. The molecule has 0 radical (unpaired) electrons. The first-order valence-corrected chi connectivity index (χ1v) is 13.1. The van der Waals surface area contributed by atoms with E-state index in [9.17, 15) is 14.4 Å². The van der Waals surface area contributed by atoms with Crippen LogP contribution in [0.15, 0.2) is 34.9 Å². The summed E-state index contributed by atoms with van der Waals surface area (Å²) in [4.78, 5) is 37.8. The van der Waals surface area contributed by atoms with E-state index in [1.54, 1.807) is 6.92 Å². The molecule has 35 heavy (non-hydrogen) atoms. The Bertz CT molecular complexity index is 1020. The van der Waals surface area contributed by atoms with Crippen LogP contribution in [0.1, 0.15) is 80.1 Å². The fraction of sp³-hybridized carbons (Fsp3) is 0.690. The molecule has 0 aromatic carbocycles. The lowest BCUT2D eigenvalue weighted by atomic mass is 9.48. The van der Waals surface area contributed by atoms with Crippen molar-refractivity contribution in [3.63, 3.8) is 0 Å². The number of allylic oxidation sites excluding steroid dienone is 4. The van der Waals surface area contributed by atoms with Gasteiger partial charge in [0.15, 0.2) is 0 Å². The molecule has 1 unspecified atom stereocenters. The highest BCUT2D eigenvalue weighted by atomic mass is 16.5. The molecule has 6 atom stereocenters. The molecule has 0 aliphatic heterocycles. The lowest BCUT2D eigenvalue weighted by Crippen LogP contribution is -2.51. The predicted octanol–water partition coefficient (Wildman–Crippen LogP) is 4.61. The van der Waals surface area contributed by atoms with Crippen LogP contribution < -0.4 is 10.6 Å². The molecule has 4 aliphatic carbocycles. The van der Waals surface area contributed by atoms with Crippen LogP contribution >= 0.6 is 0 Å². The Morgan fingerprint density at radius 3 is 2.40 bits per heavy atom. The number of ether oxygens (including phenoxy) is 1. The van der Waals surface area contributed by atoms with Crippen molar-refractivity contribution in [1.29, 1.82) is 0 Å². The highest BCUT2D eigenvalue weighted by Crippen LogP contribution is 2.64. The van der Waals surface area contributed by atoms with Crippen LogP contribution in [0.2, 0.25) is 0 Å². The smallest absolute Gasteiger partial charge is 0.328 e. The largest absolute Gasteiger partial charge is 0.467 e. The fourth-order valence-corrected chi connectivity index (χ4v) is 7.35. The molecule has 2 N–H and O–H groups in total. The zero-order chi connectivity index (χ0) is 25.8. The van der Waals surface area contributed by atoms with Crippen LogP contribution in [0.4, 0.5) is 0 Å². The molecule has 4 aliphatic rings. The average Bonchev–Trinajstić information content (AvgIpc) is 3.14. The Morgan fingerprint density at radius 1 is 1.03 bits per heavy atom. The summed E-state index contributed by atoms with van der Waals surface area (Å²) in [6.07, 6.45) is 12.4. The molecule has 2 amide bonds. The van der Waals surface area contributed by atoms with Gasteiger partial charge in [-0.25, -0.2) is 4.79 Å². The third-order valence-electron chi connectivity index (χ3n) is 9.28. The normalized spacial score (nSPS) is 34.7. The zero-order valence-electron chi connectivity index (χ0n) is 22.4. The monoisotopic (exact) mass is 482 g/mol. The van der Waals surface area contributed by atoms with E-state index in [4.69, 9.17) is 4.74 Å². The van der Waals surface area contributed by atoms with Crippen LogP contribution in [-0.2, 0) is 19.1 Å². The van der Waals surface area contributed by atoms with Gasteiger partial charge in [0, 0.05) is 22.1 Å². The second kappa shape index (κ2) is 8.94. The number of carbonyl (C=O) groups excluding carboxylic acids is 3. The van der Waals surface area contributed by atoms with E-state index in [1.807, 2.05) is 20.8 Å². The molecule has 6 heteroatoms. The maximum absolute atomic E-state index is 13.1. The SMILES string of the molecule is COC(=O)C(C)NC(=O)C1=CC[C@H]2[C@@H]3CC=C4C=C(C(=O)NC(C)(C)C)CC[C@]4(C)[C@H]3CC[C@]12C. The first-order valence-electron chi connectivity index (χ1n) is 13.1. The predicted molar refractivity (Wildman–Crippen MR) is 136 cm³/mol. The highest BCUT2D eigenvalue weighted by molar-refractivity contribution is 5.97. The van der Waals surface area contributed by atoms with E-state index in [-0.39, 0.29) is 28.2 Å². The number of fused-ring (bicyclic) bond motifs is 5. The third-order valence-corrected chi connectivity index (χ3v) is 9.28. The number of rotatable bonds is 4. The number of hydrogen-bond donors (Lipinski definition) is 2. The number of methoxy groups -OCH3 is 1. The Hall–Kier alpha value is -2.37. The average molecular weight is 483 g/mol. The van der Waals surface area contributed by atoms with Crippen LogP contribution in [0, 0.1) is 28.6 Å². The molecule has 0 spiro atoms. The maximum atomic E-state index is 13.1. The minimum absolute atomic E-state index is 0.0515. The van der Waals surface area contributed by atoms with Gasteiger partial charge in [0.1, 0.15) is 6.04 Å². The summed E-state index contributed by atoms with van der Waals surface area (Å²) >= 11 is 0. The number of hydrogen-bond acceptors (Lipinski definition) is 4. The Morgan fingerprint density at radius 2 is 1.74 bits per heavy atom. The van der Waals surface area contributed by atoms with Crippen molar-refractivity contribution in [2.75, 3.05) is 7.11 Å². The van der Waals surface area contributed by atoms with Crippen molar-refractivity contribution in [2.24, 2.45) is 28.6 Å². The Kier molecular flexibility index (Phi) is 6.56. The van der Waals surface area contributed by atoms with Crippen molar-refractivity contribution in [1.82, 2.24) is 10.6 Å². The van der Waals surface area contributed by atoms with Gasteiger partial charge in [-0.15, -0.1) is 0 Å². The lowest BCUT2D eigenvalue weighted by molar-refractivity contribution is -0.144. The van der Waals surface area contributed by atoms with Gasteiger partial charge in [0.2, 0.25) is 11.8 Å². The Balaban J connectivity index is 1.53. The quantitative estimate of drug-likeness (QED) is 0.573. The second-order valence-corrected chi connectivity index (χ2v) is 12.6. The molecule has 0 bridgehead atoms. The Labute approximate surface area is 210 Å². The molecule has 4 rings (SSSR count). The minimum Gasteiger partial charge on any atom is -0.467 e. The topological polar surface area (TPSA) is 84.5 Å². The summed E-state index contributed by atoms with van der Waals surface area (Å²) in [5, 5.41) is 5.97. The lowest BCUT2D eigenvalue weighted by Gasteiger charge is -2.56. The molecule has 0 aromatic heterocycles. The number of esters is 1. The van der Waals surface area contributed by atoms with Crippen molar-refractivity contribution in [2.45, 2.75) is 91.6 Å². The van der Waals surface area contributed by atoms with Crippen molar-refractivity contribution in [3.05, 3.63) is 34.9 Å². The van der Waals surface area contributed by atoms with Gasteiger partial charge in [-0.05, 0) is 95.0 Å². The van der Waals surface area contributed by atoms with E-state index in [0.717, 1.165) is 49.7 Å². The molecule has 0 heterocycles. The van der Waals surface area contributed by atoms with Crippen molar-refractivity contribution >= 4 is 17.8 Å². The van der Waals surface area contributed by atoms with Gasteiger partial charge < -0.3 is 15.4 Å². The summed E-state index contributed by atoms with van der Waals surface area (Å²) < 4.78 is 4.78. The van der Waals surface area contributed by atoms with Crippen molar-refractivity contribution < 1.29 is 19.1 Å². The van der Waals surface area contributed by atoms with Crippen LogP contribution in [-0.4, -0.2) is 36.5 Å². The zero-order valence-corrected chi connectivity index (χ0v) is 22.4. The van der Waals surface area contributed by atoms with Gasteiger partial charge in [-0.3, -0.25) is 9.59 Å². The summed E-state index contributed by atoms with van der Waals surface area (Å²) in [7, 11) is 1.34. The molecule has 1 fully saturated rings. The molecule has 192 valence electrons. The van der Waals surface area contributed by atoms with Crippen LogP contribution in [0.25, 0.3) is 0 Å². The van der Waals surface area contributed by atoms with Crippen molar-refractivity contribution in [3.8, 4) is 0 Å². The number of amides is 2. The van der Waals surface area contributed by atoms with E-state index in [0.29, 0.717) is 17.8 Å². The molecule has 1 saturated carbocycles. The van der Waals surface area contributed by atoms with Gasteiger partial charge in [0.25, 0.3) is 0 Å². The van der Waals surface area contributed by atoms with Gasteiger partial charge in [-0.2, -0.15) is 0 Å². The van der Waals surface area contributed by atoms with Gasteiger partial charge in [-0.1, -0.05) is 32.1 Å².